The maximum absolute atomic E-state index is 12.0. The van der Waals surface area contributed by atoms with Gasteiger partial charge in [0.25, 0.3) is 0 Å². The van der Waals surface area contributed by atoms with Gasteiger partial charge in [-0.2, -0.15) is 13.2 Å². The number of nitro groups is 1. The number of hydrogen-bond donors (Lipinski definition) is 0. The molecule has 0 aliphatic heterocycles. The predicted octanol–water partition coefficient (Wildman–Crippen LogP) is 3.55. The molecule has 0 saturated heterocycles. The minimum atomic E-state index is -4.32. The van der Waals surface area contributed by atoms with Crippen LogP contribution < -0.4 is 0 Å². The van der Waals surface area contributed by atoms with Gasteiger partial charge in [0, 0.05) is 11.0 Å². The van der Waals surface area contributed by atoms with Crippen molar-refractivity contribution in [1.29, 1.82) is 0 Å². The molecule has 0 N–H and O–H groups in total. The van der Waals surface area contributed by atoms with E-state index in [9.17, 15) is 23.3 Å². The molecule has 1 aromatic rings. The molecular formula is C9H6F3NO2S. The fourth-order valence-electron chi connectivity index (χ4n) is 0.928. The first-order valence-corrected chi connectivity index (χ1v) is 4.86. The number of thioether (sulfide) groups is 1. The Kier molecular flexibility index (Phi) is 3.94. The van der Waals surface area contributed by atoms with Crippen LogP contribution in [0.5, 0.6) is 0 Å². The van der Waals surface area contributed by atoms with Crippen molar-refractivity contribution in [2.45, 2.75) is 10.4 Å². The van der Waals surface area contributed by atoms with E-state index in [1.54, 1.807) is 0 Å². The maximum atomic E-state index is 12.0. The second-order valence-corrected chi connectivity index (χ2v) is 3.86. The largest absolute Gasteiger partial charge is 0.446 e. The Labute approximate surface area is 93.1 Å². The SMILES string of the molecule is O=[N+]([O-])/C=C\c1ccc(SC(F)(F)F)cc1. The molecule has 0 amide bonds. The molecule has 1 rings (SSSR count). The van der Waals surface area contributed by atoms with Crippen molar-refractivity contribution in [3.05, 3.63) is 46.1 Å². The molecule has 0 aliphatic rings. The Hall–Kier alpha value is -1.50. The number of alkyl halides is 3. The summed E-state index contributed by atoms with van der Waals surface area (Å²) in [4.78, 5) is 9.40. The number of halogens is 3. The minimum Gasteiger partial charge on any atom is -0.259 e. The van der Waals surface area contributed by atoms with E-state index in [0.29, 0.717) is 5.56 Å². The Morgan fingerprint density at radius 3 is 2.25 bits per heavy atom. The van der Waals surface area contributed by atoms with E-state index in [1.165, 1.54) is 30.3 Å². The summed E-state index contributed by atoms with van der Waals surface area (Å²) >= 11 is -0.224. The maximum Gasteiger partial charge on any atom is 0.446 e. The zero-order chi connectivity index (χ0) is 12.2. The lowest BCUT2D eigenvalue weighted by Gasteiger charge is -2.04. The van der Waals surface area contributed by atoms with Crippen LogP contribution in [0.15, 0.2) is 35.4 Å². The summed E-state index contributed by atoms with van der Waals surface area (Å²) in [5, 5.41) is 9.99. The van der Waals surface area contributed by atoms with Gasteiger partial charge in [0.2, 0.25) is 6.20 Å². The molecule has 0 fully saturated rings. The first kappa shape index (κ1) is 12.6. The van der Waals surface area contributed by atoms with Gasteiger partial charge in [-0.05, 0) is 29.5 Å². The van der Waals surface area contributed by atoms with Crippen molar-refractivity contribution in [1.82, 2.24) is 0 Å². The third-order valence-electron chi connectivity index (χ3n) is 1.50. The van der Waals surface area contributed by atoms with Crippen LogP contribution in [0.25, 0.3) is 6.08 Å². The van der Waals surface area contributed by atoms with Crippen molar-refractivity contribution in [2.24, 2.45) is 0 Å². The topological polar surface area (TPSA) is 43.1 Å². The number of benzene rings is 1. The summed E-state index contributed by atoms with van der Waals surface area (Å²) in [6, 6.07) is 5.29. The molecule has 3 nitrogen and oxygen atoms in total. The molecule has 0 aliphatic carbocycles. The Morgan fingerprint density at radius 2 is 1.81 bits per heavy atom. The Morgan fingerprint density at radius 1 is 1.25 bits per heavy atom. The van der Waals surface area contributed by atoms with E-state index in [-0.39, 0.29) is 16.7 Å². The molecule has 0 aromatic heterocycles. The van der Waals surface area contributed by atoms with Crippen LogP contribution in [0.1, 0.15) is 5.56 Å². The lowest BCUT2D eigenvalue weighted by atomic mass is 10.2. The lowest BCUT2D eigenvalue weighted by Crippen LogP contribution is -1.98. The number of nitrogens with zero attached hydrogens (tertiary/aromatic N) is 1. The van der Waals surface area contributed by atoms with Crippen molar-refractivity contribution in [2.75, 3.05) is 0 Å². The molecule has 0 saturated carbocycles. The first-order valence-electron chi connectivity index (χ1n) is 4.04. The van der Waals surface area contributed by atoms with Crippen LogP contribution in [0.4, 0.5) is 13.2 Å². The van der Waals surface area contributed by atoms with Crippen molar-refractivity contribution >= 4 is 17.8 Å². The molecule has 1 aromatic carbocycles. The Bertz CT molecular complexity index is 400. The normalized spacial score (nSPS) is 11.9. The van der Waals surface area contributed by atoms with Gasteiger partial charge in [0.05, 0.1) is 4.92 Å². The molecule has 0 atom stereocenters. The lowest BCUT2D eigenvalue weighted by molar-refractivity contribution is -0.400. The average Bonchev–Trinajstić information content (AvgIpc) is 2.14. The highest BCUT2D eigenvalue weighted by Crippen LogP contribution is 2.36. The fraction of sp³-hybridized carbons (Fsp3) is 0.111. The molecule has 7 heteroatoms. The van der Waals surface area contributed by atoms with Crippen LogP contribution in [0.3, 0.4) is 0 Å². The number of hydrogen-bond acceptors (Lipinski definition) is 3. The zero-order valence-corrected chi connectivity index (χ0v) is 8.59. The first-order chi connectivity index (χ1) is 7.37. The van der Waals surface area contributed by atoms with E-state index in [2.05, 4.69) is 0 Å². The van der Waals surface area contributed by atoms with Crippen LogP contribution in [0, 0.1) is 10.1 Å². The molecule has 0 unspecified atom stereocenters. The third-order valence-corrected chi connectivity index (χ3v) is 2.24. The van der Waals surface area contributed by atoms with Crippen molar-refractivity contribution in [3.8, 4) is 0 Å². The van der Waals surface area contributed by atoms with Gasteiger partial charge in [-0.1, -0.05) is 12.1 Å². The van der Waals surface area contributed by atoms with Gasteiger partial charge in [0.15, 0.2) is 0 Å². The molecule has 0 radical (unpaired) electrons. The molecule has 0 bridgehead atoms. The van der Waals surface area contributed by atoms with E-state index in [1.807, 2.05) is 0 Å². The fourth-order valence-corrected chi connectivity index (χ4v) is 1.47. The highest BCUT2D eigenvalue weighted by atomic mass is 32.2. The summed E-state index contributed by atoms with van der Waals surface area (Å²) in [6.45, 7) is 0. The monoisotopic (exact) mass is 249 g/mol. The summed E-state index contributed by atoms with van der Waals surface area (Å²) in [5.41, 5.74) is -3.85. The summed E-state index contributed by atoms with van der Waals surface area (Å²) in [7, 11) is 0. The molecule has 0 heterocycles. The van der Waals surface area contributed by atoms with Crippen molar-refractivity contribution < 1.29 is 18.1 Å². The van der Waals surface area contributed by atoms with Gasteiger partial charge in [-0.3, -0.25) is 10.1 Å². The minimum absolute atomic E-state index is 0.0470. The van der Waals surface area contributed by atoms with Gasteiger partial charge in [0.1, 0.15) is 0 Å². The molecule has 86 valence electrons. The Balaban J connectivity index is 2.72. The quantitative estimate of drug-likeness (QED) is 0.467. The summed E-state index contributed by atoms with van der Waals surface area (Å²) in [6.07, 6.45) is 1.94. The number of rotatable bonds is 3. The van der Waals surface area contributed by atoms with Gasteiger partial charge in [-0.25, -0.2) is 0 Å². The van der Waals surface area contributed by atoms with Crippen LogP contribution >= 0.6 is 11.8 Å². The van der Waals surface area contributed by atoms with E-state index < -0.39 is 10.4 Å². The zero-order valence-electron chi connectivity index (χ0n) is 7.77. The van der Waals surface area contributed by atoms with Gasteiger partial charge < -0.3 is 0 Å². The van der Waals surface area contributed by atoms with Crippen LogP contribution in [0.2, 0.25) is 0 Å². The van der Waals surface area contributed by atoms with E-state index in [4.69, 9.17) is 0 Å². The van der Waals surface area contributed by atoms with Gasteiger partial charge in [-0.15, -0.1) is 0 Å². The molecule has 0 spiro atoms. The van der Waals surface area contributed by atoms with Gasteiger partial charge >= 0.3 is 5.51 Å². The molecule has 16 heavy (non-hydrogen) atoms. The van der Waals surface area contributed by atoms with E-state index >= 15 is 0 Å². The van der Waals surface area contributed by atoms with Crippen LogP contribution in [-0.4, -0.2) is 10.4 Å². The summed E-state index contributed by atoms with van der Waals surface area (Å²) < 4.78 is 35.9. The predicted molar refractivity (Wildman–Crippen MR) is 54.4 cm³/mol. The third kappa shape index (κ3) is 4.83. The second kappa shape index (κ2) is 5.02. The highest BCUT2D eigenvalue weighted by molar-refractivity contribution is 8.00. The second-order valence-electron chi connectivity index (χ2n) is 2.72. The van der Waals surface area contributed by atoms with E-state index in [0.717, 1.165) is 6.20 Å². The average molecular weight is 249 g/mol. The summed E-state index contributed by atoms with van der Waals surface area (Å²) in [5.74, 6) is 0. The van der Waals surface area contributed by atoms with Crippen LogP contribution in [-0.2, 0) is 0 Å². The smallest absolute Gasteiger partial charge is 0.259 e. The molecular weight excluding hydrogens is 243 g/mol. The standard InChI is InChI=1S/C9H6F3NO2S/c10-9(11,12)16-8-3-1-7(2-4-8)5-6-13(14)15/h1-6H/b6-5-. The van der Waals surface area contributed by atoms with Crippen molar-refractivity contribution in [3.63, 3.8) is 0 Å². The highest BCUT2D eigenvalue weighted by Gasteiger charge is 2.28.